The van der Waals surface area contributed by atoms with Crippen LogP contribution in [0, 0.1) is 0 Å². The molecule has 0 aromatic heterocycles. The number of halogens is 3. The zero-order valence-corrected chi connectivity index (χ0v) is 11.3. The lowest BCUT2D eigenvalue weighted by Crippen LogP contribution is -2.13. The van der Waals surface area contributed by atoms with Crippen molar-refractivity contribution in [3.05, 3.63) is 41.0 Å². The molecule has 0 saturated carbocycles. The van der Waals surface area contributed by atoms with Crippen molar-refractivity contribution in [2.45, 2.75) is 6.18 Å². The van der Waals surface area contributed by atoms with Crippen LogP contribution < -0.4 is 5.73 Å². The van der Waals surface area contributed by atoms with E-state index in [4.69, 9.17) is 5.73 Å². The van der Waals surface area contributed by atoms with Gasteiger partial charge >= 0.3 is 6.18 Å². The molecule has 108 valence electrons. The lowest BCUT2D eigenvalue weighted by atomic mass is 10.0. The number of benzene rings is 1. The third-order valence-electron chi connectivity index (χ3n) is 3.31. The van der Waals surface area contributed by atoms with Gasteiger partial charge in [0, 0.05) is 31.4 Å². The fourth-order valence-corrected chi connectivity index (χ4v) is 2.23. The molecule has 1 aliphatic heterocycles. The molecule has 1 aromatic carbocycles. The van der Waals surface area contributed by atoms with Crippen molar-refractivity contribution in [3.63, 3.8) is 0 Å². The Balaban J connectivity index is 2.36. The number of hydrogen-bond donors (Lipinski definition) is 1. The van der Waals surface area contributed by atoms with Crippen LogP contribution in [-0.2, 0) is 6.18 Å². The molecule has 1 fully saturated rings. The number of aliphatic imine (C=N–C) groups is 1. The van der Waals surface area contributed by atoms with Crippen LogP contribution in [-0.4, -0.2) is 37.8 Å². The number of likely N-dealkylation sites (N-methyl/N-ethyl adjacent to an activating group) is 1. The third-order valence-corrected chi connectivity index (χ3v) is 3.31. The van der Waals surface area contributed by atoms with Gasteiger partial charge in [-0.3, -0.25) is 9.89 Å². The van der Waals surface area contributed by atoms with Crippen LogP contribution in [0.3, 0.4) is 0 Å². The fraction of sp³-hybridized carbons (Fsp3) is 0.357. The highest BCUT2D eigenvalue weighted by Crippen LogP contribution is 2.30. The highest BCUT2D eigenvalue weighted by atomic mass is 19.4. The van der Waals surface area contributed by atoms with Gasteiger partial charge in [0.05, 0.1) is 11.3 Å². The zero-order valence-electron chi connectivity index (χ0n) is 11.3. The molecule has 0 bridgehead atoms. The maximum absolute atomic E-state index is 12.5. The maximum Gasteiger partial charge on any atom is 0.416 e. The quantitative estimate of drug-likeness (QED) is 0.860. The Morgan fingerprint density at radius 1 is 1.20 bits per heavy atom. The van der Waals surface area contributed by atoms with E-state index in [-0.39, 0.29) is 0 Å². The summed E-state index contributed by atoms with van der Waals surface area (Å²) in [7, 11) is 3.63. The van der Waals surface area contributed by atoms with Gasteiger partial charge in [0.15, 0.2) is 0 Å². The first-order valence-corrected chi connectivity index (χ1v) is 6.13. The Hall–Kier alpha value is -1.82. The summed E-state index contributed by atoms with van der Waals surface area (Å²) in [6.45, 7) is 1.35. The molecular weight excluding hydrogens is 267 g/mol. The van der Waals surface area contributed by atoms with Crippen LogP contribution in [0.25, 0.3) is 5.70 Å². The van der Waals surface area contributed by atoms with Crippen molar-refractivity contribution >= 4 is 11.4 Å². The van der Waals surface area contributed by atoms with E-state index >= 15 is 0 Å². The fourth-order valence-electron chi connectivity index (χ4n) is 2.23. The van der Waals surface area contributed by atoms with Gasteiger partial charge in [-0.1, -0.05) is 12.1 Å². The van der Waals surface area contributed by atoms with Crippen LogP contribution in [0.1, 0.15) is 11.1 Å². The zero-order chi connectivity index (χ0) is 14.9. The van der Waals surface area contributed by atoms with Gasteiger partial charge in [-0.2, -0.15) is 13.2 Å². The maximum atomic E-state index is 12.5. The number of likely N-dealkylation sites (tertiary alicyclic amines) is 1. The molecule has 2 N–H and O–H groups in total. The summed E-state index contributed by atoms with van der Waals surface area (Å²) in [6, 6.07) is 4.89. The second-order valence-corrected chi connectivity index (χ2v) is 4.81. The standard InChI is InChI=1S/C14H16F3N3/c1-19-12-8-20(2)7-11(12)13(18)9-3-5-10(6-4-9)14(15,16)17/h3-6H,7-8,18H2,1-2H3/b13-11-,19-12?. The average Bonchev–Trinajstić information content (AvgIpc) is 2.78. The monoisotopic (exact) mass is 283 g/mol. The van der Waals surface area contributed by atoms with Gasteiger partial charge in [-0.05, 0) is 24.7 Å². The van der Waals surface area contributed by atoms with E-state index < -0.39 is 11.7 Å². The Bertz CT molecular complexity index is 556. The van der Waals surface area contributed by atoms with Gasteiger partial charge < -0.3 is 5.73 Å². The van der Waals surface area contributed by atoms with Crippen molar-refractivity contribution < 1.29 is 13.2 Å². The van der Waals surface area contributed by atoms with Crippen LogP contribution >= 0.6 is 0 Å². The first-order chi connectivity index (χ1) is 9.32. The van der Waals surface area contributed by atoms with E-state index in [1.54, 1.807) is 7.05 Å². The van der Waals surface area contributed by atoms with Gasteiger partial charge in [0.1, 0.15) is 0 Å². The predicted octanol–water partition coefficient (Wildman–Crippen LogP) is 2.39. The van der Waals surface area contributed by atoms with Gasteiger partial charge in [-0.25, -0.2) is 0 Å². The molecule has 0 amide bonds. The summed E-state index contributed by atoms with van der Waals surface area (Å²) in [4.78, 5) is 6.23. The summed E-state index contributed by atoms with van der Waals surface area (Å²) in [5, 5.41) is 0. The summed E-state index contributed by atoms with van der Waals surface area (Å²) >= 11 is 0. The minimum Gasteiger partial charge on any atom is -0.398 e. The SMILES string of the molecule is CN=C1CN(C)C/C1=C(/N)c1ccc(C(F)(F)F)cc1. The van der Waals surface area contributed by atoms with E-state index in [1.165, 1.54) is 12.1 Å². The molecule has 0 aliphatic carbocycles. The molecule has 1 aromatic rings. The molecule has 0 unspecified atom stereocenters. The van der Waals surface area contributed by atoms with Crippen LogP contribution in [0.2, 0.25) is 0 Å². The van der Waals surface area contributed by atoms with E-state index in [1.807, 2.05) is 7.05 Å². The molecule has 2 rings (SSSR count). The Kier molecular flexibility index (Phi) is 3.85. The average molecular weight is 283 g/mol. The number of rotatable bonds is 1. The Labute approximate surface area is 115 Å². The molecule has 0 spiro atoms. The van der Waals surface area contributed by atoms with Crippen LogP contribution in [0.4, 0.5) is 13.2 Å². The van der Waals surface area contributed by atoms with Crippen molar-refractivity contribution in [2.24, 2.45) is 10.7 Å². The molecule has 1 saturated heterocycles. The van der Waals surface area contributed by atoms with E-state index in [0.29, 0.717) is 24.4 Å². The summed E-state index contributed by atoms with van der Waals surface area (Å²) in [6.07, 6.45) is -4.33. The lowest BCUT2D eigenvalue weighted by molar-refractivity contribution is -0.137. The number of nitrogens with two attached hydrogens (primary N) is 1. The summed E-state index contributed by atoms with van der Waals surface area (Å²) in [5.41, 5.74) is 8.24. The molecule has 1 aliphatic rings. The molecular formula is C14H16F3N3. The molecule has 1 heterocycles. The van der Waals surface area contributed by atoms with Crippen molar-refractivity contribution in [1.29, 1.82) is 0 Å². The van der Waals surface area contributed by atoms with E-state index in [9.17, 15) is 13.2 Å². The first kappa shape index (κ1) is 14.6. The first-order valence-electron chi connectivity index (χ1n) is 6.13. The van der Waals surface area contributed by atoms with Crippen LogP contribution in [0.5, 0.6) is 0 Å². The normalized spacial score (nSPS) is 21.6. The Morgan fingerprint density at radius 3 is 2.30 bits per heavy atom. The molecule has 6 heteroatoms. The second kappa shape index (κ2) is 5.28. The third kappa shape index (κ3) is 2.85. The Morgan fingerprint density at radius 2 is 1.80 bits per heavy atom. The smallest absolute Gasteiger partial charge is 0.398 e. The number of nitrogens with zero attached hydrogens (tertiary/aromatic N) is 2. The number of alkyl halides is 3. The van der Waals surface area contributed by atoms with Crippen molar-refractivity contribution in [1.82, 2.24) is 4.90 Å². The van der Waals surface area contributed by atoms with Gasteiger partial charge in [-0.15, -0.1) is 0 Å². The van der Waals surface area contributed by atoms with E-state index in [2.05, 4.69) is 9.89 Å². The number of hydrogen-bond acceptors (Lipinski definition) is 3. The highest BCUT2D eigenvalue weighted by molar-refractivity contribution is 6.09. The minimum atomic E-state index is -4.33. The lowest BCUT2D eigenvalue weighted by Gasteiger charge is -2.10. The molecule has 0 radical (unpaired) electrons. The van der Waals surface area contributed by atoms with Crippen LogP contribution in [0.15, 0.2) is 34.8 Å². The largest absolute Gasteiger partial charge is 0.416 e. The summed E-state index contributed by atoms with van der Waals surface area (Å²) < 4.78 is 37.6. The van der Waals surface area contributed by atoms with Gasteiger partial charge in [0.25, 0.3) is 0 Å². The second-order valence-electron chi connectivity index (χ2n) is 4.81. The van der Waals surface area contributed by atoms with Crippen molar-refractivity contribution in [2.75, 3.05) is 27.2 Å². The minimum absolute atomic E-state index is 0.490. The van der Waals surface area contributed by atoms with E-state index in [0.717, 1.165) is 23.4 Å². The molecule has 0 atom stereocenters. The molecule has 20 heavy (non-hydrogen) atoms. The summed E-state index contributed by atoms with van der Waals surface area (Å²) in [5.74, 6) is 0. The molecule has 3 nitrogen and oxygen atoms in total. The van der Waals surface area contributed by atoms with Crippen molar-refractivity contribution in [3.8, 4) is 0 Å². The highest BCUT2D eigenvalue weighted by Gasteiger charge is 2.30. The van der Waals surface area contributed by atoms with Gasteiger partial charge in [0.2, 0.25) is 0 Å². The predicted molar refractivity (Wildman–Crippen MR) is 73.4 cm³/mol. The topological polar surface area (TPSA) is 41.6 Å².